The molecular weight excluding hydrogens is 216 g/mol. The van der Waals surface area contributed by atoms with E-state index in [0.717, 1.165) is 6.42 Å². The molecule has 0 saturated heterocycles. The van der Waals surface area contributed by atoms with Crippen molar-refractivity contribution in [1.82, 2.24) is 0 Å². The first-order chi connectivity index (χ1) is 7.84. The van der Waals surface area contributed by atoms with E-state index in [0.29, 0.717) is 12.1 Å². The van der Waals surface area contributed by atoms with Crippen LogP contribution in [-0.4, -0.2) is 12.1 Å². The van der Waals surface area contributed by atoms with Gasteiger partial charge in [-0.25, -0.2) is 0 Å². The van der Waals surface area contributed by atoms with Gasteiger partial charge in [-0.2, -0.15) is 0 Å². The molecule has 2 atom stereocenters. The third-order valence-corrected chi connectivity index (χ3v) is 4.35. The lowest BCUT2D eigenvalue weighted by atomic mass is 10.1. The van der Waals surface area contributed by atoms with Crippen molar-refractivity contribution >= 4 is 27.1 Å². The van der Waals surface area contributed by atoms with Crippen LogP contribution in [0.3, 0.4) is 0 Å². The van der Waals surface area contributed by atoms with Gasteiger partial charge in [0, 0.05) is 27.5 Å². The highest BCUT2D eigenvalue weighted by atomic mass is 32.1. The van der Waals surface area contributed by atoms with E-state index in [1.807, 2.05) is 0 Å². The Morgan fingerprint density at radius 3 is 2.94 bits per heavy atom. The molecule has 0 bridgehead atoms. The molecule has 1 aromatic heterocycles. The van der Waals surface area contributed by atoms with Crippen LogP contribution in [-0.2, 0) is 0 Å². The van der Waals surface area contributed by atoms with Crippen molar-refractivity contribution in [2.24, 2.45) is 5.73 Å². The summed E-state index contributed by atoms with van der Waals surface area (Å²) in [4.78, 5) is 0. The fourth-order valence-electron chi connectivity index (χ4n) is 2.46. The van der Waals surface area contributed by atoms with Gasteiger partial charge >= 0.3 is 0 Å². The number of benzene rings is 1. The molecule has 1 aliphatic rings. The van der Waals surface area contributed by atoms with E-state index >= 15 is 0 Å². The van der Waals surface area contributed by atoms with Gasteiger partial charge in [0.2, 0.25) is 0 Å². The van der Waals surface area contributed by atoms with E-state index in [4.69, 9.17) is 5.73 Å². The SMILES string of the molecule is NC1CCCC1Nc1csc2ccccc12. The molecule has 3 rings (SSSR count). The monoisotopic (exact) mass is 232 g/mol. The van der Waals surface area contributed by atoms with Crippen molar-refractivity contribution in [2.45, 2.75) is 31.3 Å². The molecule has 0 spiro atoms. The van der Waals surface area contributed by atoms with Gasteiger partial charge in [-0.15, -0.1) is 11.3 Å². The molecule has 2 nitrogen and oxygen atoms in total. The van der Waals surface area contributed by atoms with E-state index in [2.05, 4.69) is 35.0 Å². The molecule has 3 heteroatoms. The molecule has 1 heterocycles. The summed E-state index contributed by atoms with van der Waals surface area (Å²) in [7, 11) is 0. The number of anilines is 1. The summed E-state index contributed by atoms with van der Waals surface area (Å²) in [6, 6.07) is 9.30. The molecule has 84 valence electrons. The Bertz CT molecular complexity index is 491. The Balaban J connectivity index is 1.89. The Kier molecular flexibility index (Phi) is 2.58. The van der Waals surface area contributed by atoms with Crippen molar-refractivity contribution < 1.29 is 0 Å². The zero-order valence-corrected chi connectivity index (χ0v) is 9.96. The molecule has 16 heavy (non-hydrogen) atoms. The number of fused-ring (bicyclic) bond motifs is 1. The van der Waals surface area contributed by atoms with E-state index in [1.165, 1.54) is 28.6 Å². The van der Waals surface area contributed by atoms with Crippen molar-refractivity contribution in [3.8, 4) is 0 Å². The zero-order chi connectivity index (χ0) is 11.0. The fourth-order valence-corrected chi connectivity index (χ4v) is 3.36. The van der Waals surface area contributed by atoms with Gasteiger partial charge in [-0.3, -0.25) is 0 Å². The van der Waals surface area contributed by atoms with Crippen molar-refractivity contribution in [3.63, 3.8) is 0 Å². The minimum absolute atomic E-state index is 0.318. The standard InChI is InChI=1S/C13H16N2S/c14-10-5-3-6-11(10)15-12-8-16-13-7-2-1-4-9(12)13/h1-2,4,7-8,10-11,15H,3,5-6,14H2. The highest BCUT2D eigenvalue weighted by molar-refractivity contribution is 7.17. The lowest BCUT2D eigenvalue weighted by Gasteiger charge is -2.17. The van der Waals surface area contributed by atoms with E-state index in [9.17, 15) is 0 Å². The molecular formula is C13H16N2S. The van der Waals surface area contributed by atoms with E-state index in [-0.39, 0.29) is 0 Å². The molecule has 0 aliphatic heterocycles. The maximum atomic E-state index is 6.08. The number of rotatable bonds is 2. The van der Waals surface area contributed by atoms with E-state index < -0.39 is 0 Å². The summed E-state index contributed by atoms with van der Waals surface area (Å²) in [5.41, 5.74) is 7.33. The smallest absolute Gasteiger partial charge is 0.0531 e. The van der Waals surface area contributed by atoms with Crippen LogP contribution in [0.5, 0.6) is 0 Å². The molecule has 1 aromatic carbocycles. The molecule has 1 aliphatic carbocycles. The molecule has 0 amide bonds. The molecule has 1 saturated carbocycles. The minimum atomic E-state index is 0.318. The Morgan fingerprint density at radius 2 is 2.12 bits per heavy atom. The highest BCUT2D eigenvalue weighted by Crippen LogP contribution is 2.32. The quantitative estimate of drug-likeness (QED) is 0.834. The summed E-state index contributed by atoms with van der Waals surface area (Å²) in [5, 5.41) is 7.13. The second-order valence-corrected chi connectivity index (χ2v) is 5.40. The summed E-state index contributed by atoms with van der Waals surface area (Å²) in [5.74, 6) is 0. The number of nitrogens with one attached hydrogen (secondary N) is 1. The fraction of sp³-hybridized carbons (Fsp3) is 0.385. The average molecular weight is 232 g/mol. The molecule has 2 aromatic rings. The second kappa shape index (κ2) is 4.07. The summed E-state index contributed by atoms with van der Waals surface area (Å²) in [6.07, 6.45) is 3.60. The second-order valence-electron chi connectivity index (χ2n) is 4.49. The van der Waals surface area contributed by atoms with Crippen LogP contribution in [0.15, 0.2) is 29.6 Å². The number of hydrogen-bond donors (Lipinski definition) is 2. The third-order valence-electron chi connectivity index (χ3n) is 3.39. The Labute approximate surface area is 99.5 Å². The van der Waals surface area contributed by atoms with Gasteiger partial charge in [-0.1, -0.05) is 18.2 Å². The summed E-state index contributed by atoms with van der Waals surface area (Å²) < 4.78 is 1.34. The largest absolute Gasteiger partial charge is 0.380 e. The molecule has 1 fully saturated rings. The van der Waals surface area contributed by atoms with Crippen LogP contribution in [0.25, 0.3) is 10.1 Å². The van der Waals surface area contributed by atoms with Crippen LogP contribution in [0.1, 0.15) is 19.3 Å². The molecule has 0 radical (unpaired) electrons. The third kappa shape index (κ3) is 1.70. The number of hydrogen-bond acceptors (Lipinski definition) is 3. The first kappa shape index (κ1) is 10.1. The number of thiophene rings is 1. The van der Waals surface area contributed by atoms with Gasteiger partial charge < -0.3 is 11.1 Å². The predicted molar refractivity (Wildman–Crippen MR) is 71.1 cm³/mol. The maximum absolute atomic E-state index is 6.08. The van der Waals surface area contributed by atoms with E-state index in [1.54, 1.807) is 11.3 Å². The number of nitrogens with two attached hydrogens (primary N) is 1. The Hall–Kier alpha value is -1.06. The van der Waals surface area contributed by atoms with Crippen molar-refractivity contribution in [1.29, 1.82) is 0 Å². The van der Waals surface area contributed by atoms with Crippen molar-refractivity contribution in [3.05, 3.63) is 29.6 Å². The zero-order valence-electron chi connectivity index (χ0n) is 9.15. The van der Waals surface area contributed by atoms with Gasteiger partial charge in [0.1, 0.15) is 0 Å². The topological polar surface area (TPSA) is 38.0 Å². The lowest BCUT2D eigenvalue weighted by molar-refractivity contribution is 0.639. The van der Waals surface area contributed by atoms with Gasteiger partial charge in [0.15, 0.2) is 0 Å². The highest BCUT2D eigenvalue weighted by Gasteiger charge is 2.24. The van der Waals surface area contributed by atoms with Gasteiger partial charge in [-0.05, 0) is 25.3 Å². The Morgan fingerprint density at radius 1 is 1.25 bits per heavy atom. The maximum Gasteiger partial charge on any atom is 0.0531 e. The van der Waals surface area contributed by atoms with Crippen LogP contribution in [0, 0.1) is 0 Å². The first-order valence-corrected chi connectivity index (χ1v) is 6.71. The van der Waals surface area contributed by atoms with Gasteiger partial charge in [0.05, 0.1) is 5.69 Å². The van der Waals surface area contributed by atoms with Gasteiger partial charge in [0.25, 0.3) is 0 Å². The first-order valence-electron chi connectivity index (χ1n) is 5.83. The van der Waals surface area contributed by atoms with Crippen LogP contribution < -0.4 is 11.1 Å². The predicted octanol–water partition coefficient (Wildman–Crippen LogP) is 3.19. The van der Waals surface area contributed by atoms with Crippen LogP contribution in [0.4, 0.5) is 5.69 Å². The average Bonchev–Trinajstić information content (AvgIpc) is 2.88. The normalized spacial score (nSPS) is 25.1. The van der Waals surface area contributed by atoms with Crippen LogP contribution in [0.2, 0.25) is 0 Å². The van der Waals surface area contributed by atoms with Crippen LogP contribution >= 0.6 is 11.3 Å². The summed E-state index contributed by atoms with van der Waals surface area (Å²) >= 11 is 1.80. The lowest BCUT2D eigenvalue weighted by Crippen LogP contribution is -2.35. The minimum Gasteiger partial charge on any atom is -0.380 e. The molecule has 2 unspecified atom stereocenters. The van der Waals surface area contributed by atoms with Crippen molar-refractivity contribution in [2.75, 3.05) is 5.32 Å². The summed E-state index contributed by atoms with van der Waals surface area (Å²) in [6.45, 7) is 0. The molecule has 3 N–H and O–H groups in total.